The molecular formula is C13H12ClN3O. The molecule has 0 bridgehead atoms. The van der Waals surface area contributed by atoms with Gasteiger partial charge in [-0.3, -0.25) is 4.98 Å². The second kappa shape index (κ2) is 4.71. The molecule has 0 saturated carbocycles. The standard InChI is InChI=1S/C13H12ClN3O/c1-17(2)13-8(6-15)7-16-12-10(18-3)5-4-9(14)11(12)13/h4-5,7H,1-3H3. The number of hydrogen-bond acceptors (Lipinski definition) is 4. The van der Waals surface area contributed by atoms with E-state index < -0.39 is 0 Å². The zero-order chi connectivity index (χ0) is 13.3. The maximum atomic E-state index is 9.15. The van der Waals surface area contributed by atoms with Gasteiger partial charge in [0.1, 0.15) is 17.3 Å². The number of aromatic nitrogens is 1. The monoisotopic (exact) mass is 261 g/mol. The van der Waals surface area contributed by atoms with Gasteiger partial charge in [-0.25, -0.2) is 0 Å². The molecule has 0 aliphatic carbocycles. The number of benzene rings is 1. The normalized spacial score (nSPS) is 10.2. The number of rotatable bonds is 2. The van der Waals surface area contributed by atoms with Gasteiger partial charge in [0, 0.05) is 25.7 Å². The second-order valence-electron chi connectivity index (χ2n) is 4.00. The minimum atomic E-state index is 0.489. The predicted molar refractivity (Wildman–Crippen MR) is 72.3 cm³/mol. The van der Waals surface area contributed by atoms with E-state index in [1.165, 1.54) is 6.20 Å². The van der Waals surface area contributed by atoms with Crippen molar-refractivity contribution in [1.29, 1.82) is 5.26 Å². The lowest BCUT2D eigenvalue weighted by Gasteiger charge is -2.18. The molecule has 0 unspecified atom stereocenters. The molecule has 5 heteroatoms. The fourth-order valence-electron chi connectivity index (χ4n) is 1.94. The van der Waals surface area contributed by atoms with Gasteiger partial charge in [0.05, 0.1) is 23.4 Å². The molecule has 0 aliphatic rings. The van der Waals surface area contributed by atoms with Crippen molar-refractivity contribution in [3.8, 4) is 11.8 Å². The lowest BCUT2D eigenvalue weighted by Crippen LogP contribution is -2.12. The van der Waals surface area contributed by atoms with Gasteiger partial charge in [0.25, 0.3) is 0 Å². The molecular weight excluding hydrogens is 250 g/mol. The van der Waals surface area contributed by atoms with Crippen molar-refractivity contribution >= 4 is 28.2 Å². The molecule has 2 aromatic rings. The van der Waals surface area contributed by atoms with Gasteiger partial charge in [0.2, 0.25) is 0 Å². The lowest BCUT2D eigenvalue weighted by molar-refractivity contribution is 0.419. The van der Waals surface area contributed by atoms with Gasteiger partial charge in [-0.1, -0.05) is 11.6 Å². The Morgan fingerprint density at radius 3 is 2.67 bits per heavy atom. The molecule has 1 heterocycles. The third-order valence-corrected chi connectivity index (χ3v) is 3.01. The number of hydrogen-bond donors (Lipinski definition) is 0. The summed E-state index contributed by atoms with van der Waals surface area (Å²) in [6.07, 6.45) is 1.54. The quantitative estimate of drug-likeness (QED) is 0.834. The smallest absolute Gasteiger partial charge is 0.145 e. The first-order chi connectivity index (χ1) is 8.60. The molecule has 0 atom stereocenters. The molecule has 18 heavy (non-hydrogen) atoms. The summed E-state index contributed by atoms with van der Waals surface area (Å²) in [5.74, 6) is 0.641. The highest BCUT2D eigenvalue weighted by Crippen LogP contribution is 2.37. The van der Waals surface area contributed by atoms with Gasteiger partial charge in [-0.2, -0.15) is 5.26 Å². The Morgan fingerprint density at radius 2 is 2.11 bits per heavy atom. The van der Waals surface area contributed by atoms with Crippen LogP contribution in [0.4, 0.5) is 5.69 Å². The third-order valence-electron chi connectivity index (χ3n) is 2.69. The van der Waals surface area contributed by atoms with Crippen LogP contribution in [-0.4, -0.2) is 26.2 Å². The largest absolute Gasteiger partial charge is 0.494 e. The van der Waals surface area contributed by atoms with E-state index in [-0.39, 0.29) is 0 Å². The van der Waals surface area contributed by atoms with E-state index in [1.807, 2.05) is 19.0 Å². The first kappa shape index (κ1) is 12.5. The van der Waals surface area contributed by atoms with Crippen molar-refractivity contribution in [2.45, 2.75) is 0 Å². The molecule has 0 spiro atoms. The van der Waals surface area contributed by atoms with Gasteiger partial charge in [-0.15, -0.1) is 0 Å². The van der Waals surface area contributed by atoms with Crippen LogP contribution >= 0.6 is 11.6 Å². The molecule has 0 saturated heterocycles. The molecule has 92 valence electrons. The average Bonchev–Trinajstić information content (AvgIpc) is 2.37. The Hall–Kier alpha value is -1.99. The molecule has 1 aromatic heterocycles. The summed E-state index contributed by atoms with van der Waals surface area (Å²) in [4.78, 5) is 6.12. The van der Waals surface area contributed by atoms with Crippen molar-refractivity contribution < 1.29 is 4.74 Å². The zero-order valence-electron chi connectivity index (χ0n) is 10.4. The van der Waals surface area contributed by atoms with Crippen molar-refractivity contribution in [2.75, 3.05) is 26.1 Å². The van der Waals surface area contributed by atoms with E-state index in [0.29, 0.717) is 21.9 Å². The number of nitriles is 1. The summed E-state index contributed by atoms with van der Waals surface area (Å²) >= 11 is 6.23. The predicted octanol–water partition coefficient (Wildman–Crippen LogP) is 2.83. The Bertz CT molecular complexity index is 647. The number of pyridine rings is 1. The van der Waals surface area contributed by atoms with Gasteiger partial charge < -0.3 is 9.64 Å². The Balaban J connectivity index is 2.97. The second-order valence-corrected chi connectivity index (χ2v) is 4.41. The van der Waals surface area contributed by atoms with Crippen LogP contribution in [0.5, 0.6) is 5.75 Å². The highest BCUT2D eigenvalue weighted by molar-refractivity contribution is 6.37. The van der Waals surface area contributed by atoms with Crippen LogP contribution in [0.3, 0.4) is 0 Å². The number of halogens is 1. The van der Waals surface area contributed by atoms with Crippen molar-refractivity contribution in [2.24, 2.45) is 0 Å². The SMILES string of the molecule is COc1ccc(Cl)c2c(N(C)C)c(C#N)cnc12. The summed E-state index contributed by atoms with van der Waals surface area (Å²) in [6, 6.07) is 5.65. The van der Waals surface area contributed by atoms with E-state index in [9.17, 15) is 0 Å². The fraction of sp³-hybridized carbons (Fsp3) is 0.231. The topological polar surface area (TPSA) is 49.1 Å². The Labute approximate surface area is 110 Å². The molecule has 2 rings (SSSR count). The number of fused-ring (bicyclic) bond motifs is 1. The summed E-state index contributed by atoms with van der Waals surface area (Å²) in [6.45, 7) is 0. The summed E-state index contributed by atoms with van der Waals surface area (Å²) in [5.41, 5.74) is 1.90. The van der Waals surface area contributed by atoms with E-state index in [0.717, 1.165) is 11.1 Å². The minimum absolute atomic E-state index is 0.489. The van der Waals surface area contributed by atoms with Crippen molar-refractivity contribution in [1.82, 2.24) is 4.98 Å². The highest BCUT2D eigenvalue weighted by atomic mass is 35.5. The lowest BCUT2D eigenvalue weighted by atomic mass is 10.1. The molecule has 4 nitrogen and oxygen atoms in total. The minimum Gasteiger partial charge on any atom is -0.494 e. The first-order valence-corrected chi connectivity index (χ1v) is 5.70. The molecule has 0 amide bonds. The van der Waals surface area contributed by atoms with Crippen LogP contribution in [-0.2, 0) is 0 Å². The van der Waals surface area contributed by atoms with Gasteiger partial charge in [0.15, 0.2) is 0 Å². The van der Waals surface area contributed by atoms with E-state index in [2.05, 4.69) is 11.1 Å². The van der Waals surface area contributed by atoms with Gasteiger partial charge in [-0.05, 0) is 12.1 Å². The third kappa shape index (κ3) is 1.83. The zero-order valence-corrected chi connectivity index (χ0v) is 11.1. The Kier molecular flexibility index (Phi) is 3.26. The van der Waals surface area contributed by atoms with Gasteiger partial charge >= 0.3 is 0 Å². The number of methoxy groups -OCH3 is 1. The molecule has 0 aliphatic heterocycles. The van der Waals surface area contributed by atoms with Crippen LogP contribution in [0.15, 0.2) is 18.3 Å². The summed E-state index contributed by atoms with van der Waals surface area (Å²) in [7, 11) is 5.31. The van der Waals surface area contributed by atoms with E-state index in [4.69, 9.17) is 21.6 Å². The fourth-order valence-corrected chi connectivity index (χ4v) is 2.18. The first-order valence-electron chi connectivity index (χ1n) is 5.32. The van der Waals surface area contributed by atoms with E-state index >= 15 is 0 Å². The van der Waals surface area contributed by atoms with Crippen LogP contribution in [0.2, 0.25) is 5.02 Å². The van der Waals surface area contributed by atoms with E-state index in [1.54, 1.807) is 19.2 Å². The number of ether oxygens (including phenoxy) is 1. The maximum absolute atomic E-state index is 9.15. The summed E-state index contributed by atoms with van der Waals surface area (Å²) < 4.78 is 5.27. The van der Waals surface area contributed by atoms with Crippen LogP contribution in [0.25, 0.3) is 10.9 Å². The molecule has 0 radical (unpaired) electrons. The molecule has 0 N–H and O–H groups in total. The maximum Gasteiger partial charge on any atom is 0.145 e. The summed E-state index contributed by atoms with van der Waals surface area (Å²) in [5, 5.41) is 10.4. The number of nitrogens with zero attached hydrogens (tertiary/aromatic N) is 3. The highest BCUT2D eigenvalue weighted by Gasteiger charge is 2.16. The average molecular weight is 262 g/mol. The molecule has 1 aromatic carbocycles. The molecule has 0 fully saturated rings. The van der Waals surface area contributed by atoms with Crippen molar-refractivity contribution in [3.63, 3.8) is 0 Å². The number of anilines is 1. The van der Waals surface area contributed by atoms with Crippen LogP contribution in [0.1, 0.15) is 5.56 Å². The Morgan fingerprint density at radius 1 is 1.39 bits per heavy atom. The van der Waals surface area contributed by atoms with Crippen LogP contribution < -0.4 is 9.64 Å². The van der Waals surface area contributed by atoms with Crippen LogP contribution in [0, 0.1) is 11.3 Å². The van der Waals surface area contributed by atoms with Crippen molar-refractivity contribution in [3.05, 3.63) is 28.9 Å².